The zero-order valence-corrected chi connectivity index (χ0v) is 19.7. The highest BCUT2D eigenvalue weighted by Crippen LogP contribution is 2.25. The lowest BCUT2D eigenvalue weighted by atomic mass is 9.97. The molecule has 0 unspecified atom stereocenters. The van der Waals surface area contributed by atoms with E-state index < -0.39 is 0 Å². The monoisotopic (exact) mass is 462 g/mol. The topological polar surface area (TPSA) is 78.0 Å². The maximum absolute atomic E-state index is 13.6. The van der Waals surface area contributed by atoms with Crippen molar-refractivity contribution in [2.75, 3.05) is 0 Å². The van der Waals surface area contributed by atoms with Crippen molar-refractivity contribution in [3.05, 3.63) is 88.0 Å². The van der Waals surface area contributed by atoms with Crippen LogP contribution in [0.1, 0.15) is 43.2 Å². The van der Waals surface area contributed by atoms with E-state index in [4.69, 9.17) is 9.97 Å². The van der Waals surface area contributed by atoms with Crippen LogP contribution in [-0.2, 0) is 6.54 Å². The zero-order valence-electron chi connectivity index (χ0n) is 19.7. The van der Waals surface area contributed by atoms with Crippen molar-refractivity contribution in [3.8, 4) is 0 Å². The van der Waals surface area contributed by atoms with Crippen LogP contribution in [0.4, 0.5) is 0 Å². The van der Waals surface area contributed by atoms with Gasteiger partial charge in [0.05, 0.1) is 23.6 Å². The Bertz CT molecular complexity index is 1670. The van der Waals surface area contributed by atoms with Crippen LogP contribution in [0.3, 0.4) is 0 Å². The molecule has 1 aliphatic rings. The van der Waals surface area contributed by atoms with Gasteiger partial charge in [-0.15, -0.1) is 0 Å². The van der Waals surface area contributed by atoms with Crippen molar-refractivity contribution < 1.29 is 0 Å². The maximum atomic E-state index is 13.6. The molecule has 0 saturated carbocycles. The Balaban J connectivity index is 1.51. The van der Waals surface area contributed by atoms with Gasteiger partial charge in [-0.3, -0.25) is 9.36 Å². The van der Waals surface area contributed by atoms with Gasteiger partial charge in [0.15, 0.2) is 11.3 Å². The van der Waals surface area contributed by atoms with Crippen LogP contribution in [0, 0.1) is 6.92 Å². The molecule has 0 amide bonds. The van der Waals surface area contributed by atoms with Gasteiger partial charge in [0.2, 0.25) is 0 Å². The molecular formula is C28H26N6O. The minimum atomic E-state index is -0.106. The molecule has 7 heteroatoms. The molecule has 174 valence electrons. The average molecular weight is 463 g/mol. The Morgan fingerprint density at radius 1 is 1.00 bits per heavy atom. The molecule has 0 atom stereocenters. The van der Waals surface area contributed by atoms with Crippen LogP contribution in [0.2, 0.25) is 0 Å². The third-order valence-electron chi connectivity index (χ3n) is 6.67. The Labute approximate surface area is 202 Å². The zero-order chi connectivity index (χ0) is 23.8. The van der Waals surface area contributed by atoms with Gasteiger partial charge >= 0.3 is 0 Å². The van der Waals surface area contributed by atoms with E-state index in [1.807, 2.05) is 55.5 Å². The largest absolute Gasteiger partial charge is 0.298 e. The van der Waals surface area contributed by atoms with Gasteiger partial charge in [0, 0.05) is 6.54 Å². The van der Waals surface area contributed by atoms with E-state index >= 15 is 0 Å². The van der Waals surface area contributed by atoms with Gasteiger partial charge in [-0.05, 0) is 56.7 Å². The van der Waals surface area contributed by atoms with E-state index in [9.17, 15) is 4.79 Å². The molecule has 0 bridgehead atoms. The molecule has 0 fully saturated rings. The van der Waals surface area contributed by atoms with Crippen LogP contribution in [0.25, 0.3) is 33.2 Å². The van der Waals surface area contributed by atoms with E-state index in [2.05, 4.69) is 16.2 Å². The van der Waals surface area contributed by atoms with Crippen LogP contribution >= 0.6 is 0 Å². The fourth-order valence-electron chi connectivity index (χ4n) is 4.70. The summed E-state index contributed by atoms with van der Waals surface area (Å²) in [6, 6.07) is 15.8. The van der Waals surface area contributed by atoms with E-state index in [1.165, 1.54) is 24.0 Å². The number of hydrogen-bond donors (Lipinski definition) is 0. The van der Waals surface area contributed by atoms with E-state index in [0.717, 1.165) is 35.9 Å². The number of benzene rings is 2. The van der Waals surface area contributed by atoms with Crippen LogP contribution < -0.4 is 5.56 Å². The predicted octanol–water partition coefficient (Wildman–Crippen LogP) is 5.38. The smallest absolute Gasteiger partial charge is 0.265 e. The number of nitrogens with zero attached hydrogens (tertiary/aromatic N) is 6. The molecule has 6 rings (SSSR count). The Morgan fingerprint density at radius 3 is 2.57 bits per heavy atom. The summed E-state index contributed by atoms with van der Waals surface area (Å²) in [5.74, 6) is 0. The normalized spacial score (nSPS) is 14.4. The number of para-hydroxylation sites is 2. The first-order valence-electron chi connectivity index (χ1n) is 12.1. The van der Waals surface area contributed by atoms with Gasteiger partial charge in [-0.1, -0.05) is 53.6 Å². The highest BCUT2D eigenvalue weighted by Gasteiger charge is 2.20. The van der Waals surface area contributed by atoms with E-state index in [1.54, 1.807) is 21.8 Å². The molecule has 0 spiro atoms. The van der Waals surface area contributed by atoms with Crippen molar-refractivity contribution in [1.82, 2.24) is 24.2 Å². The van der Waals surface area contributed by atoms with Gasteiger partial charge in [-0.25, -0.2) is 15.0 Å². The molecule has 0 aliphatic heterocycles. The van der Waals surface area contributed by atoms with Gasteiger partial charge in [0.1, 0.15) is 10.9 Å². The summed E-state index contributed by atoms with van der Waals surface area (Å²) in [4.78, 5) is 28.0. The van der Waals surface area contributed by atoms with Crippen molar-refractivity contribution in [2.24, 2.45) is 5.10 Å². The van der Waals surface area contributed by atoms with Gasteiger partial charge in [0.25, 0.3) is 5.56 Å². The molecule has 3 heterocycles. The van der Waals surface area contributed by atoms with Crippen molar-refractivity contribution in [3.63, 3.8) is 0 Å². The second-order valence-corrected chi connectivity index (χ2v) is 9.15. The third-order valence-corrected chi connectivity index (χ3v) is 6.67. The molecular weight excluding hydrogens is 436 g/mol. The van der Waals surface area contributed by atoms with Crippen LogP contribution in [0.15, 0.2) is 76.4 Å². The number of hydrogen-bond acceptors (Lipinski definition) is 5. The summed E-state index contributed by atoms with van der Waals surface area (Å²) in [5, 5.41) is 5.15. The minimum Gasteiger partial charge on any atom is -0.298 e. The lowest BCUT2D eigenvalue weighted by molar-refractivity contribution is 0.610. The highest BCUT2D eigenvalue weighted by atomic mass is 16.1. The summed E-state index contributed by atoms with van der Waals surface area (Å²) < 4.78 is 3.33. The Morgan fingerprint density at radius 2 is 1.80 bits per heavy atom. The summed E-state index contributed by atoms with van der Waals surface area (Å²) in [5.41, 5.74) is 6.48. The fourth-order valence-corrected chi connectivity index (χ4v) is 4.70. The first-order valence-corrected chi connectivity index (χ1v) is 12.1. The van der Waals surface area contributed by atoms with E-state index in [0.29, 0.717) is 28.7 Å². The third kappa shape index (κ3) is 4.03. The van der Waals surface area contributed by atoms with Crippen LogP contribution in [-0.4, -0.2) is 30.4 Å². The van der Waals surface area contributed by atoms with Crippen molar-refractivity contribution in [2.45, 2.75) is 45.6 Å². The molecule has 3 aromatic heterocycles. The summed E-state index contributed by atoms with van der Waals surface area (Å²) in [7, 11) is 0. The molecule has 0 N–H and O–H groups in total. The SMILES string of the molecule is Cc1ccc(/C=N/n2c3nc4ccccc4nc3c3c(=O)n(CCC4=CCCCC4)cnc32)cc1. The van der Waals surface area contributed by atoms with Crippen molar-refractivity contribution in [1.29, 1.82) is 0 Å². The van der Waals surface area contributed by atoms with Crippen molar-refractivity contribution >= 4 is 39.4 Å². The van der Waals surface area contributed by atoms with Gasteiger partial charge < -0.3 is 0 Å². The predicted molar refractivity (Wildman–Crippen MR) is 140 cm³/mol. The quantitative estimate of drug-likeness (QED) is 0.260. The lowest BCUT2D eigenvalue weighted by Gasteiger charge is -2.13. The number of allylic oxidation sites excluding steroid dienone is 2. The summed E-state index contributed by atoms with van der Waals surface area (Å²) in [6.45, 7) is 2.66. The standard InChI is InChI=1S/C28H26N6O/c1-19-11-13-21(14-12-19)17-30-34-26-24(25-27(34)32-23-10-6-5-9-22(23)31-25)28(35)33(18-29-26)16-15-20-7-3-2-4-8-20/h5-7,9-14,17-18H,2-4,8,15-16H2,1H3/b30-17+. The maximum Gasteiger partial charge on any atom is 0.265 e. The molecule has 0 saturated heterocycles. The fraction of sp³-hybridized carbons (Fsp3) is 0.250. The minimum absolute atomic E-state index is 0.106. The number of rotatable bonds is 5. The number of aryl methyl sites for hydroxylation is 2. The lowest BCUT2D eigenvalue weighted by Crippen LogP contribution is -2.21. The first kappa shape index (κ1) is 21.4. The molecule has 1 aliphatic carbocycles. The molecule has 2 aromatic carbocycles. The number of fused-ring (bicyclic) bond motifs is 4. The van der Waals surface area contributed by atoms with E-state index in [-0.39, 0.29) is 5.56 Å². The highest BCUT2D eigenvalue weighted by molar-refractivity contribution is 6.04. The Hall–Kier alpha value is -4.13. The first-order chi connectivity index (χ1) is 17.2. The van der Waals surface area contributed by atoms with Gasteiger partial charge in [-0.2, -0.15) is 9.78 Å². The Kier molecular flexibility index (Phi) is 5.45. The molecule has 35 heavy (non-hydrogen) atoms. The molecule has 5 aromatic rings. The van der Waals surface area contributed by atoms with Crippen LogP contribution in [0.5, 0.6) is 0 Å². The second-order valence-electron chi connectivity index (χ2n) is 9.15. The second kappa shape index (κ2) is 8.91. The summed E-state index contributed by atoms with van der Waals surface area (Å²) >= 11 is 0. The summed E-state index contributed by atoms with van der Waals surface area (Å²) in [6.07, 6.45) is 11.3. The number of aromatic nitrogens is 5. The average Bonchev–Trinajstić information content (AvgIpc) is 3.20. The molecule has 0 radical (unpaired) electrons. The molecule has 7 nitrogen and oxygen atoms in total.